The first-order valence-corrected chi connectivity index (χ1v) is 7.41. The molecule has 0 radical (unpaired) electrons. The number of benzene rings is 1. The summed E-state index contributed by atoms with van der Waals surface area (Å²) < 4.78 is 64.2. The molecular weight excluding hydrogens is 295 g/mol. The molecule has 1 atom stereocenters. The summed E-state index contributed by atoms with van der Waals surface area (Å²) in [7, 11) is -4.11. The first-order chi connectivity index (χ1) is 9.11. The van der Waals surface area contributed by atoms with Gasteiger partial charge in [0.15, 0.2) is 0 Å². The van der Waals surface area contributed by atoms with Crippen LogP contribution in [-0.4, -0.2) is 26.2 Å². The summed E-state index contributed by atoms with van der Waals surface area (Å²) in [5, 5.41) is 8.98. The topological polar surface area (TPSA) is 66.4 Å². The molecule has 20 heavy (non-hydrogen) atoms. The summed E-state index contributed by atoms with van der Waals surface area (Å²) in [5.41, 5.74) is -0.821. The van der Waals surface area contributed by atoms with Crippen molar-refractivity contribution in [1.29, 1.82) is 0 Å². The Labute approximate surface area is 115 Å². The molecule has 1 aromatic rings. The third-order valence-corrected chi connectivity index (χ3v) is 4.50. The lowest BCUT2D eigenvalue weighted by Crippen LogP contribution is -2.37. The van der Waals surface area contributed by atoms with Crippen molar-refractivity contribution in [2.24, 2.45) is 0 Å². The van der Waals surface area contributed by atoms with Crippen molar-refractivity contribution >= 4 is 10.0 Å². The van der Waals surface area contributed by atoms with E-state index in [1.807, 2.05) is 0 Å². The van der Waals surface area contributed by atoms with E-state index in [-0.39, 0.29) is 5.56 Å². The maximum Gasteiger partial charge on any atom is 0.416 e. The predicted molar refractivity (Wildman–Crippen MR) is 67.7 cm³/mol. The average Bonchev–Trinajstić information content (AvgIpc) is 2.34. The summed E-state index contributed by atoms with van der Waals surface area (Å²) in [4.78, 5) is -0.431. The average molecular weight is 311 g/mol. The molecule has 0 fully saturated rings. The van der Waals surface area contributed by atoms with E-state index in [1.165, 1.54) is 6.92 Å². The Bertz CT molecular complexity index is 566. The molecular formula is C12H16F3NO3S. The van der Waals surface area contributed by atoms with Gasteiger partial charge in [-0.2, -0.15) is 13.2 Å². The van der Waals surface area contributed by atoms with E-state index >= 15 is 0 Å². The fraction of sp³-hybridized carbons (Fsp3) is 0.500. The van der Waals surface area contributed by atoms with Crippen LogP contribution in [0.3, 0.4) is 0 Å². The van der Waals surface area contributed by atoms with Crippen LogP contribution < -0.4 is 4.72 Å². The van der Waals surface area contributed by atoms with E-state index in [2.05, 4.69) is 4.72 Å². The van der Waals surface area contributed by atoms with Crippen molar-refractivity contribution in [1.82, 2.24) is 4.72 Å². The molecule has 0 aliphatic rings. The second kappa shape index (κ2) is 6.11. The monoisotopic (exact) mass is 311 g/mol. The lowest BCUT2D eigenvalue weighted by molar-refractivity contribution is -0.137. The first-order valence-electron chi connectivity index (χ1n) is 5.93. The SMILES string of the molecule is CCC(CO)NS(=O)(=O)c1cc(C(F)(F)F)ccc1C. The minimum atomic E-state index is -4.61. The van der Waals surface area contributed by atoms with E-state index in [4.69, 9.17) is 5.11 Å². The highest BCUT2D eigenvalue weighted by Gasteiger charge is 2.32. The Balaban J connectivity index is 3.24. The summed E-state index contributed by atoms with van der Waals surface area (Å²) in [5.74, 6) is 0. The second-order valence-corrected chi connectivity index (χ2v) is 6.07. The van der Waals surface area contributed by atoms with Crippen LogP contribution in [0.2, 0.25) is 0 Å². The van der Waals surface area contributed by atoms with E-state index in [0.29, 0.717) is 12.5 Å². The number of aryl methyl sites for hydroxylation is 1. The van der Waals surface area contributed by atoms with E-state index in [1.54, 1.807) is 6.92 Å². The van der Waals surface area contributed by atoms with E-state index in [9.17, 15) is 21.6 Å². The second-order valence-electron chi connectivity index (χ2n) is 4.39. The van der Waals surface area contributed by atoms with Gasteiger partial charge in [-0.25, -0.2) is 13.1 Å². The highest BCUT2D eigenvalue weighted by molar-refractivity contribution is 7.89. The van der Waals surface area contributed by atoms with Gasteiger partial charge in [0, 0.05) is 6.04 Å². The van der Waals surface area contributed by atoms with Gasteiger partial charge >= 0.3 is 6.18 Å². The van der Waals surface area contributed by atoms with Crippen molar-refractivity contribution in [3.63, 3.8) is 0 Å². The Morgan fingerprint density at radius 2 is 1.95 bits per heavy atom. The van der Waals surface area contributed by atoms with Gasteiger partial charge in [0.25, 0.3) is 0 Å². The van der Waals surface area contributed by atoms with Crippen molar-refractivity contribution in [2.75, 3.05) is 6.61 Å². The summed E-state index contributed by atoms with van der Waals surface area (Å²) >= 11 is 0. The zero-order chi connectivity index (χ0) is 15.6. The molecule has 1 rings (SSSR count). The molecule has 0 spiro atoms. The van der Waals surface area contributed by atoms with Gasteiger partial charge in [-0.05, 0) is 31.0 Å². The number of aliphatic hydroxyl groups excluding tert-OH is 1. The number of halogens is 3. The summed E-state index contributed by atoms with van der Waals surface area (Å²) in [6.45, 7) is 2.64. The Hall–Kier alpha value is -1.12. The van der Waals surface area contributed by atoms with Crippen LogP contribution in [-0.2, 0) is 16.2 Å². The smallest absolute Gasteiger partial charge is 0.395 e. The molecule has 8 heteroatoms. The zero-order valence-electron chi connectivity index (χ0n) is 11.0. The molecule has 0 saturated carbocycles. The minimum Gasteiger partial charge on any atom is -0.395 e. The van der Waals surface area contributed by atoms with Gasteiger partial charge in [0.05, 0.1) is 17.1 Å². The van der Waals surface area contributed by atoms with Gasteiger partial charge < -0.3 is 5.11 Å². The molecule has 0 heterocycles. The largest absolute Gasteiger partial charge is 0.416 e. The molecule has 0 aliphatic heterocycles. The summed E-state index contributed by atoms with van der Waals surface area (Å²) in [6.07, 6.45) is -4.28. The molecule has 1 aromatic carbocycles. The van der Waals surface area contributed by atoms with Crippen LogP contribution >= 0.6 is 0 Å². The third-order valence-electron chi connectivity index (χ3n) is 2.84. The summed E-state index contributed by atoms with van der Waals surface area (Å²) in [6, 6.07) is 1.81. The number of hydrogen-bond donors (Lipinski definition) is 2. The van der Waals surface area contributed by atoms with Crippen LogP contribution in [0.5, 0.6) is 0 Å². The molecule has 0 saturated heterocycles. The van der Waals surface area contributed by atoms with E-state index < -0.39 is 39.3 Å². The maximum atomic E-state index is 12.6. The first kappa shape index (κ1) is 16.9. The number of alkyl halides is 3. The molecule has 0 amide bonds. The van der Waals surface area contributed by atoms with Gasteiger partial charge in [-0.1, -0.05) is 13.0 Å². The quantitative estimate of drug-likeness (QED) is 0.875. The van der Waals surface area contributed by atoms with Crippen LogP contribution in [0.1, 0.15) is 24.5 Å². The number of rotatable bonds is 5. The Morgan fingerprint density at radius 1 is 1.35 bits per heavy atom. The van der Waals surface area contributed by atoms with Crippen LogP contribution in [0, 0.1) is 6.92 Å². The van der Waals surface area contributed by atoms with Gasteiger partial charge in [-0.15, -0.1) is 0 Å². The Morgan fingerprint density at radius 3 is 2.40 bits per heavy atom. The van der Waals surface area contributed by atoms with Gasteiger partial charge in [0.1, 0.15) is 0 Å². The number of hydrogen-bond acceptors (Lipinski definition) is 3. The van der Waals surface area contributed by atoms with E-state index in [0.717, 1.165) is 12.1 Å². The molecule has 0 aromatic heterocycles. The van der Waals surface area contributed by atoms with Crippen molar-refractivity contribution in [2.45, 2.75) is 37.4 Å². The van der Waals surface area contributed by atoms with Crippen molar-refractivity contribution in [3.05, 3.63) is 29.3 Å². The minimum absolute atomic E-state index is 0.207. The van der Waals surface area contributed by atoms with Crippen LogP contribution in [0.15, 0.2) is 23.1 Å². The van der Waals surface area contributed by atoms with Crippen LogP contribution in [0.25, 0.3) is 0 Å². The highest BCUT2D eigenvalue weighted by Crippen LogP contribution is 2.31. The maximum absolute atomic E-state index is 12.6. The predicted octanol–water partition coefficient (Wildman–Crippen LogP) is 2.06. The highest BCUT2D eigenvalue weighted by atomic mass is 32.2. The number of aliphatic hydroxyl groups is 1. The number of sulfonamides is 1. The van der Waals surface area contributed by atoms with Gasteiger partial charge in [0.2, 0.25) is 10.0 Å². The molecule has 114 valence electrons. The molecule has 0 aliphatic carbocycles. The zero-order valence-corrected chi connectivity index (χ0v) is 11.8. The van der Waals surface area contributed by atoms with Crippen LogP contribution in [0.4, 0.5) is 13.2 Å². The lowest BCUT2D eigenvalue weighted by Gasteiger charge is -2.17. The van der Waals surface area contributed by atoms with Crippen molar-refractivity contribution in [3.8, 4) is 0 Å². The lowest BCUT2D eigenvalue weighted by atomic mass is 10.1. The molecule has 1 unspecified atom stereocenters. The van der Waals surface area contributed by atoms with Crippen molar-refractivity contribution < 1.29 is 26.7 Å². The molecule has 2 N–H and O–H groups in total. The number of nitrogens with one attached hydrogen (secondary N) is 1. The third kappa shape index (κ3) is 3.94. The fourth-order valence-electron chi connectivity index (χ4n) is 1.60. The molecule has 0 bridgehead atoms. The van der Waals surface area contributed by atoms with Gasteiger partial charge in [-0.3, -0.25) is 0 Å². The fourth-order valence-corrected chi connectivity index (χ4v) is 3.18. The Kier molecular flexibility index (Phi) is 5.17. The molecule has 4 nitrogen and oxygen atoms in total. The standard InChI is InChI=1S/C12H16F3NO3S/c1-3-10(7-17)16-20(18,19)11-6-9(12(13,14)15)5-4-8(11)2/h4-6,10,16-17H,3,7H2,1-2H3. The normalized spacial score (nSPS) is 14.3.